The predicted octanol–water partition coefficient (Wildman–Crippen LogP) is 5.81. The van der Waals surface area contributed by atoms with E-state index in [2.05, 4.69) is 102 Å². The minimum Gasteiger partial charge on any atom is -0.448 e. The number of rotatable bonds is 11. The van der Waals surface area contributed by atoms with Gasteiger partial charge in [0.25, 0.3) is 5.91 Å². The Labute approximate surface area is 286 Å². The minimum absolute atomic E-state index is 0.00784. The molecule has 0 aliphatic carbocycles. The molecule has 0 bridgehead atoms. The Morgan fingerprint density at radius 3 is 1.90 bits per heavy atom. The number of carbonyl (C=O) groups excluding carboxylic acids is 3. The highest BCUT2D eigenvalue weighted by atomic mass is 16.4. The SMILES string of the molecule is CN(Cc1ccccc1)Cc1ccccc1.Cc1ccccc1.N=C(N)c1cccc(NC(=O)CCNC(=O)c2cc(=O)cc(C=O)o2)c1. The van der Waals surface area contributed by atoms with Crippen LogP contribution in [-0.4, -0.2) is 42.4 Å². The lowest BCUT2D eigenvalue weighted by molar-refractivity contribution is -0.116. The molecule has 0 radical (unpaired) electrons. The van der Waals surface area contributed by atoms with Gasteiger partial charge in [0.05, 0.1) is 0 Å². The van der Waals surface area contributed by atoms with Crippen LogP contribution in [0.3, 0.4) is 0 Å². The van der Waals surface area contributed by atoms with E-state index in [1.54, 1.807) is 24.3 Å². The molecule has 49 heavy (non-hydrogen) atoms. The number of nitrogens with zero attached hydrogens (tertiary/aromatic N) is 1. The van der Waals surface area contributed by atoms with Crippen LogP contribution in [-0.2, 0) is 17.9 Å². The highest BCUT2D eigenvalue weighted by molar-refractivity contribution is 5.98. The fourth-order valence-electron chi connectivity index (χ4n) is 4.41. The van der Waals surface area contributed by atoms with Gasteiger partial charge in [-0.05, 0) is 37.2 Å². The Bertz CT molecular complexity index is 1800. The molecule has 5 rings (SSSR count). The van der Waals surface area contributed by atoms with Crippen LogP contribution in [0.15, 0.2) is 137 Å². The third kappa shape index (κ3) is 14.4. The van der Waals surface area contributed by atoms with E-state index in [0.717, 1.165) is 25.2 Å². The molecule has 0 fully saturated rings. The van der Waals surface area contributed by atoms with Crippen molar-refractivity contribution in [1.82, 2.24) is 10.2 Å². The van der Waals surface area contributed by atoms with Crippen LogP contribution in [0.1, 0.15) is 49.8 Å². The van der Waals surface area contributed by atoms with Gasteiger partial charge in [-0.1, -0.05) is 109 Å². The average molecular weight is 660 g/mol. The summed E-state index contributed by atoms with van der Waals surface area (Å²) in [6, 6.07) is 39.8. The number of amides is 2. The van der Waals surface area contributed by atoms with Crippen LogP contribution < -0.4 is 21.8 Å². The standard InChI is InChI=1S/C17H16N4O5.C15H17N.C7H8/c18-16(19)10-2-1-3-11(6-10)21-15(24)4-5-20-17(25)14-8-12(23)7-13(9-22)26-14;1-16(12-14-8-4-2-5-9-14)13-15-10-6-3-7-11-15;1-7-5-3-2-4-6-7/h1-3,6-9H,4-5H2,(H3,18,19)(H,20,25)(H,21,24);2-11H,12-13H2,1H3;2-6H,1H3. The van der Waals surface area contributed by atoms with E-state index >= 15 is 0 Å². The molecule has 4 aromatic carbocycles. The predicted molar refractivity (Wildman–Crippen MR) is 193 cm³/mol. The first-order chi connectivity index (χ1) is 23.6. The van der Waals surface area contributed by atoms with Crippen LogP contribution in [0.5, 0.6) is 0 Å². The number of carbonyl (C=O) groups is 3. The Hall–Kier alpha value is -6.13. The maximum atomic E-state index is 11.9. The minimum atomic E-state index is -0.711. The second-order valence-electron chi connectivity index (χ2n) is 11.0. The van der Waals surface area contributed by atoms with E-state index in [1.165, 1.54) is 16.7 Å². The zero-order valence-electron chi connectivity index (χ0n) is 27.6. The lowest BCUT2D eigenvalue weighted by Crippen LogP contribution is -2.28. The zero-order valence-corrected chi connectivity index (χ0v) is 27.6. The highest BCUT2D eigenvalue weighted by Gasteiger charge is 2.12. The summed E-state index contributed by atoms with van der Waals surface area (Å²) in [5.41, 5.74) is 9.84. The van der Waals surface area contributed by atoms with Crippen molar-refractivity contribution in [1.29, 1.82) is 5.41 Å². The molecule has 1 aromatic heterocycles. The number of benzene rings is 4. The molecule has 10 nitrogen and oxygen atoms in total. The molecule has 5 aromatic rings. The third-order valence-electron chi connectivity index (χ3n) is 6.75. The summed E-state index contributed by atoms with van der Waals surface area (Å²) < 4.78 is 4.95. The summed E-state index contributed by atoms with van der Waals surface area (Å²) >= 11 is 0. The van der Waals surface area contributed by atoms with Gasteiger partial charge in [0.2, 0.25) is 5.91 Å². The van der Waals surface area contributed by atoms with Crippen molar-refractivity contribution in [2.24, 2.45) is 5.73 Å². The fraction of sp³-hybridized carbons (Fsp3) is 0.154. The van der Waals surface area contributed by atoms with Crippen molar-refractivity contribution in [3.63, 3.8) is 0 Å². The molecule has 0 aliphatic rings. The van der Waals surface area contributed by atoms with Gasteiger partial charge in [-0.15, -0.1) is 0 Å². The number of nitrogen functional groups attached to an aromatic ring is 1. The van der Waals surface area contributed by atoms with E-state index in [0.29, 0.717) is 17.5 Å². The summed E-state index contributed by atoms with van der Waals surface area (Å²) in [4.78, 5) is 48.1. The monoisotopic (exact) mass is 659 g/mol. The van der Waals surface area contributed by atoms with Crippen molar-refractivity contribution in [2.75, 3.05) is 18.9 Å². The first-order valence-electron chi connectivity index (χ1n) is 15.5. The van der Waals surface area contributed by atoms with E-state index in [9.17, 15) is 19.2 Å². The summed E-state index contributed by atoms with van der Waals surface area (Å²) in [5, 5.41) is 12.4. The quantitative estimate of drug-likeness (QED) is 0.0792. The first kappa shape index (κ1) is 37.3. The Kier molecular flexibility index (Phi) is 15.4. The number of hydrogen-bond acceptors (Lipinski definition) is 7. The van der Waals surface area contributed by atoms with E-state index in [1.807, 2.05) is 18.2 Å². The number of nitrogens with two attached hydrogens (primary N) is 1. The first-order valence-corrected chi connectivity index (χ1v) is 15.5. The van der Waals surface area contributed by atoms with Gasteiger partial charge in [0.15, 0.2) is 23.2 Å². The molecule has 0 saturated heterocycles. The van der Waals surface area contributed by atoms with Gasteiger partial charge in [-0.25, -0.2) is 0 Å². The zero-order chi connectivity index (χ0) is 35.4. The molecule has 0 spiro atoms. The van der Waals surface area contributed by atoms with E-state index in [-0.39, 0.29) is 36.2 Å². The summed E-state index contributed by atoms with van der Waals surface area (Å²) in [5.74, 6) is -1.77. The van der Waals surface area contributed by atoms with Gasteiger partial charge in [-0.2, -0.15) is 0 Å². The molecule has 5 N–H and O–H groups in total. The highest BCUT2D eigenvalue weighted by Crippen LogP contribution is 2.11. The van der Waals surface area contributed by atoms with Crippen LogP contribution in [0.2, 0.25) is 0 Å². The second kappa shape index (κ2) is 20.2. The van der Waals surface area contributed by atoms with E-state index < -0.39 is 11.3 Å². The number of nitrogens with one attached hydrogen (secondary N) is 3. The molecular weight excluding hydrogens is 618 g/mol. The topological polar surface area (TPSA) is 159 Å². The Morgan fingerprint density at radius 1 is 0.816 bits per heavy atom. The van der Waals surface area contributed by atoms with Gasteiger partial charge >= 0.3 is 0 Å². The van der Waals surface area contributed by atoms with Crippen LogP contribution >= 0.6 is 0 Å². The van der Waals surface area contributed by atoms with Gasteiger partial charge in [0, 0.05) is 49.4 Å². The summed E-state index contributed by atoms with van der Waals surface area (Å²) in [6.07, 6.45) is 0.286. The number of aldehydes is 1. The summed E-state index contributed by atoms with van der Waals surface area (Å²) in [6.45, 7) is 4.07. The molecule has 1 heterocycles. The van der Waals surface area contributed by atoms with Gasteiger partial charge in [-0.3, -0.25) is 29.5 Å². The molecule has 0 aliphatic heterocycles. The number of amidine groups is 1. The van der Waals surface area contributed by atoms with Crippen LogP contribution in [0.25, 0.3) is 0 Å². The smallest absolute Gasteiger partial charge is 0.287 e. The normalized spacial score (nSPS) is 10.0. The Balaban J connectivity index is 0.000000237. The molecular formula is C39H41N5O5. The third-order valence-corrected chi connectivity index (χ3v) is 6.75. The van der Waals surface area contributed by atoms with Gasteiger partial charge in [0.1, 0.15) is 5.84 Å². The molecule has 252 valence electrons. The van der Waals surface area contributed by atoms with Crippen LogP contribution in [0, 0.1) is 12.3 Å². The van der Waals surface area contributed by atoms with Crippen molar-refractivity contribution in [2.45, 2.75) is 26.4 Å². The summed E-state index contributed by atoms with van der Waals surface area (Å²) in [7, 11) is 2.15. The number of anilines is 1. The van der Waals surface area contributed by atoms with Crippen LogP contribution in [0.4, 0.5) is 5.69 Å². The van der Waals surface area contributed by atoms with Gasteiger partial charge < -0.3 is 20.8 Å². The lowest BCUT2D eigenvalue weighted by Gasteiger charge is -2.16. The van der Waals surface area contributed by atoms with Crippen molar-refractivity contribution in [3.8, 4) is 0 Å². The maximum Gasteiger partial charge on any atom is 0.287 e. The fourth-order valence-corrected chi connectivity index (χ4v) is 4.41. The molecule has 10 heteroatoms. The second-order valence-corrected chi connectivity index (χ2v) is 11.0. The molecule has 0 atom stereocenters. The molecule has 0 saturated carbocycles. The maximum absolute atomic E-state index is 11.9. The van der Waals surface area contributed by atoms with Crippen molar-refractivity contribution >= 4 is 29.6 Å². The molecule has 2 amide bonds. The van der Waals surface area contributed by atoms with E-state index in [4.69, 9.17) is 15.6 Å². The Morgan fingerprint density at radius 2 is 1.39 bits per heavy atom. The van der Waals surface area contributed by atoms with Crippen molar-refractivity contribution < 1.29 is 18.8 Å². The number of aryl methyl sites for hydroxylation is 1. The average Bonchev–Trinajstić information content (AvgIpc) is 3.10. The largest absolute Gasteiger partial charge is 0.448 e. The van der Waals surface area contributed by atoms with Crippen molar-refractivity contribution in [3.05, 3.63) is 171 Å². The lowest BCUT2D eigenvalue weighted by atomic mass is 10.2. The molecule has 0 unspecified atom stereocenters. The number of hydrogen-bond donors (Lipinski definition) is 4.